The fourth-order valence-electron chi connectivity index (χ4n) is 8.01. The molecule has 9 unspecified atom stereocenters. The topological polar surface area (TPSA) is 354 Å². The molecule has 0 fully saturated rings. The Kier molecular flexibility index (Phi) is 67.7. The van der Waals surface area contributed by atoms with Crippen molar-refractivity contribution < 1.29 is 152 Å². The van der Waals surface area contributed by atoms with E-state index in [1.54, 1.807) is 85.7 Å². The lowest BCUT2D eigenvalue weighted by Crippen LogP contribution is -2.43. The maximum atomic E-state index is 12.9. The first kappa shape index (κ1) is 131. The van der Waals surface area contributed by atoms with E-state index in [9.17, 15) is 109 Å². The molecule has 0 aromatic heterocycles. The van der Waals surface area contributed by atoms with Gasteiger partial charge in [0, 0.05) is 0 Å². The van der Waals surface area contributed by atoms with E-state index in [1.165, 1.54) is 80.1 Å². The van der Waals surface area contributed by atoms with Crippen LogP contribution in [0.1, 0.15) is 319 Å². The van der Waals surface area contributed by atoms with Crippen LogP contribution in [-0.4, -0.2) is 134 Å². The highest BCUT2D eigenvalue weighted by molar-refractivity contribution is 5.82. The zero-order valence-electron chi connectivity index (χ0n) is 77.0. The maximum Gasteiger partial charge on any atom is 0.404 e. The van der Waals surface area contributed by atoms with Crippen molar-refractivity contribution in [2.24, 2.45) is 48.7 Å². The smallest absolute Gasteiger partial charge is 0.404 e. The number of benzene rings is 1. The zero-order valence-corrected chi connectivity index (χ0v) is 77.0. The molecule has 0 amide bonds. The third-order valence-electron chi connectivity index (χ3n) is 20.8. The van der Waals surface area contributed by atoms with Gasteiger partial charge in [0.25, 0.3) is 0 Å². The Hall–Kier alpha value is -8.64. The summed E-state index contributed by atoms with van der Waals surface area (Å²) in [6.07, 6.45) is -7.88. The van der Waals surface area contributed by atoms with E-state index in [2.05, 4.69) is 11.7 Å². The van der Waals surface area contributed by atoms with E-state index in [4.69, 9.17) is 59.7 Å². The number of unbranched alkanes of at least 4 members (excludes halogenated alkanes) is 11. The normalized spacial score (nSPS) is 15.3. The molecule has 37 heteroatoms. The van der Waals surface area contributed by atoms with E-state index in [1.807, 2.05) is 52.0 Å². The van der Waals surface area contributed by atoms with Gasteiger partial charge in [0.05, 0.1) is 63.9 Å². The Morgan fingerprint density at radius 3 is 0.677 bits per heavy atom. The molecule has 1 rings (SSSR count). The summed E-state index contributed by atoms with van der Waals surface area (Å²) in [6, 6.07) is 16.4. The van der Waals surface area contributed by atoms with E-state index < -0.39 is 146 Å². The number of alkyl halides is 15. The Labute approximate surface area is 724 Å². The quantitative estimate of drug-likeness (QED) is 0.0267. The number of aliphatic carboxylic acids is 2. The van der Waals surface area contributed by atoms with Crippen LogP contribution in [0.5, 0.6) is 0 Å². The number of halogens is 15. The van der Waals surface area contributed by atoms with Gasteiger partial charge in [0.15, 0.2) is 48.7 Å². The minimum Gasteiger partial charge on any atom is -0.481 e. The molecule has 0 aliphatic rings. The minimum absolute atomic E-state index is 0.0372. The summed E-state index contributed by atoms with van der Waals surface area (Å²) in [4.78, 5) is 99.5. The number of carbonyl (C=O) groups excluding carboxylic acids is 7. The number of rotatable bonds is 40. The second-order valence-electron chi connectivity index (χ2n) is 30.2. The molecule has 0 radical (unpaired) electrons. The highest BCUT2D eigenvalue weighted by atomic mass is 19.4. The van der Waals surface area contributed by atoms with Gasteiger partial charge in [0.1, 0.15) is 6.61 Å². The first-order valence-electron chi connectivity index (χ1n) is 41.5. The number of carboxylic acid groups (broad SMARTS) is 2. The molecule has 9 atom stereocenters. The molecule has 0 aliphatic heterocycles. The van der Waals surface area contributed by atoms with E-state index in [-0.39, 0.29) is 39.1 Å². The third kappa shape index (κ3) is 47.1. The second-order valence-corrected chi connectivity index (χ2v) is 30.2. The van der Waals surface area contributed by atoms with Crippen molar-refractivity contribution in [3.8, 4) is 24.3 Å². The largest absolute Gasteiger partial charge is 0.481 e. The van der Waals surface area contributed by atoms with Crippen LogP contribution in [0.25, 0.3) is 0 Å². The first-order valence-corrected chi connectivity index (χ1v) is 41.5. The SMILES string of the molecule is CCC(C)(C(=O)O)C(F)(F)F.CCC(C)(C(=O)O)C(F)(F)F.CCC(C)(C(=O)OCc1ccccc1)C(F)(F)F.CCCCCCCCCCCCOC(=O)C(C)(CC)C(F)(F)F.CCCCOC(=O)C(C)(C#N)CC.CCCCOC(=O)C(C)(C#N)CC.CCOC(=O)C(C)(C#N)CC.CCOC(=O)C(C)(C#N)CC.CCOC(=O)C(C)(CC)C(F)(F)F. The molecule has 124 heavy (non-hydrogen) atoms. The summed E-state index contributed by atoms with van der Waals surface area (Å²) in [5, 5.41) is 51.3. The fourth-order valence-corrected chi connectivity index (χ4v) is 8.01. The number of carboxylic acids is 2. The van der Waals surface area contributed by atoms with Crippen LogP contribution >= 0.6 is 0 Å². The molecule has 0 spiro atoms. The van der Waals surface area contributed by atoms with Crippen LogP contribution < -0.4 is 0 Å². The van der Waals surface area contributed by atoms with Gasteiger partial charge in [-0.05, 0) is 166 Å². The predicted molar refractivity (Wildman–Crippen MR) is 434 cm³/mol. The lowest BCUT2D eigenvalue weighted by atomic mass is 9.87. The van der Waals surface area contributed by atoms with Gasteiger partial charge < -0.3 is 43.4 Å². The van der Waals surface area contributed by atoms with E-state index in [0.717, 1.165) is 65.7 Å². The highest BCUT2D eigenvalue weighted by Gasteiger charge is 2.60. The summed E-state index contributed by atoms with van der Waals surface area (Å²) in [5.41, 5.74) is -15.6. The van der Waals surface area contributed by atoms with Gasteiger partial charge in [-0.1, -0.05) is 184 Å². The van der Waals surface area contributed by atoms with Gasteiger partial charge in [-0.2, -0.15) is 86.9 Å². The van der Waals surface area contributed by atoms with Crippen LogP contribution in [0.15, 0.2) is 30.3 Å². The zero-order chi connectivity index (χ0) is 99.3. The molecule has 0 saturated heterocycles. The van der Waals surface area contributed by atoms with Crippen LogP contribution in [0.3, 0.4) is 0 Å². The standard InChI is InChI=1S/C18H33F3O2.C13H15F3O2.2C10H17NO2.C8H13F3O2.2C8H13NO2.2C6H9F3O2/c1-4-6-7-8-9-10-11-12-13-14-15-23-16(22)17(3,5-2)18(19,20)21;1-3-12(2,13(14,15)16)11(17)18-9-10-7-5-4-6-8-10;2*1-4-6-7-13-9(12)10(3,5-2)8-11;1-4-7(3,8(9,10)11)6(12)13-5-2;2*1-4-8(3,6-9)7(10)11-5-2;2*1-3-5(2,4(10)11)6(7,8)9/h4-15H2,1-3H3;4-8H,3,9H2,1-2H3;2*4-7H2,1-3H3;4-5H2,1-3H3;2*4-5H2,1-3H3;2*3H2,1-2H3,(H,10,11). The Morgan fingerprint density at radius 2 is 0.476 bits per heavy atom. The Bertz CT molecular complexity index is 3270. The third-order valence-corrected chi connectivity index (χ3v) is 20.8. The van der Waals surface area contributed by atoms with Gasteiger partial charge in [-0.25, -0.2) is 0 Å². The summed E-state index contributed by atoms with van der Waals surface area (Å²) in [7, 11) is 0. The van der Waals surface area contributed by atoms with Crippen molar-refractivity contribution in [1.82, 2.24) is 0 Å². The summed E-state index contributed by atoms with van der Waals surface area (Å²) >= 11 is 0. The minimum atomic E-state index is -4.67. The Balaban J connectivity index is -0.000000206. The molecular weight excluding hydrogens is 1670 g/mol. The number of nitriles is 4. The number of ether oxygens (including phenoxy) is 7. The molecule has 2 N–H and O–H groups in total. The van der Waals surface area contributed by atoms with Crippen molar-refractivity contribution in [2.75, 3.05) is 39.6 Å². The van der Waals surface area contributed by atoms with Crippen molar-refractivity contribution in [3.63, 3.8) is 0 Å². The van der Waals surface area contributed by atoms with Crippen molar-refractivity contribution in [3.05, 3.63) is 35.9 Å². The first-order chi connectivity index (χ1) is 56.8. The van der Waals surface area contributed by atoms with Crippen LogP contribution in [0.4, 0.5) is 65.9 Å². The Morgan fingerprint density at radius 1 is 0.274 bits per heavy atom. The van der Waals surface area contributed by atoms with Gasteiger partial charge >= 0.3 is 84.6 Å². The number of hydrogen-bond acceptors (Lipinski definition) is 20. The van der Waals surface area contributed by atoms with Crippen LogP contribution in [0.2, 0.25) is 0 Å². The molecule has 0 saturated carbocycles. The average molecular weight is 1810 g/mol. The summed E-state index contributed by atoms with van der Waals surface area (Å²) in [5.74, 6) is -8.89. The molecule has 1 aromatic carbocycles. The molecular formula is C87H139F15N4O18. The van der Waals surface area contributed by atoms with Crippen molar-refractivity contribution >= 4 is 53.7 Å². The molecule has 22 nitrogen and oxygen atoms in total. The molecule has 0 heterocycles. The van der Waals surface area contributed by atoms with Crippen molar-refractivity contribution in [2.45, 2.75) is 351 Å². The van der Waals surface area contributed by atoms with Gasteiger partial charge in [-0.3, -0.25) is 43.2 Å². The highest BCUT2D eigenvalue weighted by Crippen LogP contribution is 2.46. The van der Waals surface area contributed by atoms with Crippen LogP contribution in [-0.2, 0) is 82.9 Å². The van der Waals surface area contributed by atoms with Crippen LogP contribution in [0, 0.1) is 94.1 Å². The predicted octanol–water partition coefficient (Wildman–Crippen LogP) is 24.3. The van der Waals surface area contributed by atoms with E-state index in [0.29, 0.717) is 77.9 Å². The lowest BCUT2D eigenvalue weighted by Gasteiger charge is -2.28. The average Bonchev–Trinajstić information content (AvgIpc) is 0.822. The maximum absolute atomic E-state index is 12.9. The summed E-state index contributed by atoms with van der Waals surface area (Å²) in [6.45, 7) is 36.5. The number of esters is 7. The van der Waals surface area contributed by atoms with Gasteiger partial charge in [0.2, 0.25) is 0 Å². The van der Waals surface area contributed by atoms with Crippen molar-refractivity contribution in [1.29, 1.82) is 21.0 Å². The summed E-state index contributed by atoms with van der Waals surface area (Å²) < 4.78 is 219. The number of nitrogens with zero attached hydrogens (tertiary/aromatic N) is 4. The van der Waals surface area contributed by atoms with Gasteiger partial charge in [-0.15, -0.1) is 0 Å². The molecule has 0 aliphatic carbocycles. The molecule has 0 bridgehead atoms. The lowest BCUT2D eigenvalue weighted by molar-refractivity contribution is -0.232. The number of hydrogen-bond donors (Lipinski definition) is 2. The molecule has 720 valence electrons. The fraction of sp³-hybridized carbons (Fsp3) is 0.782. The second kappa shape index (κ2) is 64.1. The number of carbonyl (C=O) groups is 9. The monoisotopic (exact) mass is 1810 g/mol. The molecule has 1 aromatic rings. The van der Waals surface area contributed by atoms with E-state index >= 15 is 0 Å².